The summed E-state index contributed by atoms with van der Waals surface area (Å²) in [7, 11) is 0. The van der Waals surface area contributed by atoms with Gasteiger partial charge in [0.05, 0.1) is 11.2 Å². The molecule has 0 fully saturated rings. The Morgan fingerprint density at radius 1 is 1.47 bits per heavy atom. The van der Waals surface area contributed by atoms with Crippen molar-refractivity contribution in [2.75, 3.05) is 0 Å². The highest BCUT2D eigenvalue weighted by Crippen LogP contribution is 2.21. The molecule has 1 aliphatic rings. The number of halogens is 1. The Hall–Kier alpha value is -1.23. The van der Waals surface area contributed by atoms with Gasteiger partial charge in [0.2, 0.25) is 5.78 Å². The van der Waals surface area contributed by atoms with Gasteiger partial charge in [-0.05, 0) is 6.42 Å². The average Bonchev–Trinajstić information content (AvgIpc) is 2.18. The molecular formula is C10H9BrO4. The van der Waals surface area contributed by atoms with Crippen molar-refractivity contribution in [2.45, 2.75) is 17.7 Å². The lowest BCUT2D eigenvalue weighted by Crippen LogP contribution is -2.21. The second kappa shape index (κ2) is 5.02. The number of carbonyl (C=O) groups is 3. The van der Waals surface area contributed by atoms with E-state index >= 15 is 0 Å². The summed E-state index contributed by atoms with van der Waals surface area (Å²) >= 11 is 3.25. The van der Waals surface area contributed by atoms with Crippen molar-refractivity contribution in [1.29, 1.82) is 0 Å². The third-order valence-electron chi connectivity index (χ3n) is 1.96. The topological polar surface area (TPSA) is 71.4 Å². The van der Waals surface area contributed by atoms with Crippen molar-refractivity contribution in [1.82, 2.24) is 0 Å². The maximum absolute atomic E-state index is 11.5. The van der Waals surface area contributed by atoms with Crippen LogP contribution in [0.5, 0.6) is 0 Å². The number of rotatable bonds is 4. The summed E-state index contributed by atoms with van der Waals surface area (Å²) in [5, 5.41) is 8.35. The summed E-state index contributed by atoms with van der Waals surface area (Å²) in [6, 6.07) is 0. The number of carbonyl (C=O) groups excluding carboxylic acids is 2. The Kier molecular flexibility index (Phi) is 3.96. The molecule has 0 saturated heterocycles. The Bertz CT molecular complexity index is 368. The van der Waals surface area contributed by atoms with Crippen molar-refractivity contribution >= 4 is 33.5 Å². The second-order valence-corrected chi connectivity index (χ2v) is 4.04. The lowest BCUT2D eigenvalue weighted by molar-refractivity contribution is -0.150. The molecule has 0 radical (unpaired) electrons. The molecule has 0 aliphatic heterocycles. The fraction of sp³-hybridized carbons (Fsp3) is 0.300. The zero-order chi connectivity index (χ0) is 11.4. The molecule has 0 aromatic rings. The van der Waals surface area contributed by atoms with E-state index in [0.717, 1.165) is 0 Å². The highest BCUT2D eigenvalue weighted by molar-refractivity contribution is 9.09. The molecular weight excluding hydrogens is 264 g/mol. The largest absolute Gasteiger partial charge is 0.475 e. The third kappa shape index (κ3) is 3.13. The quantitative estimate of drug-likeness (QED) is 0.362. The van der Waals surface area contributed by atoms with E-state index in [1.54, 1.807) is 12.2 Å². The van der Waals surface area contributed by atoms with Gasteiger partial charge >= 0.3 is 5.97 Å². The molecule has 0 spiro atoms. The zero-order valence-electron chi connectivity index (χ0n) is 7.77. The van der Waals surface area contributed by atoms with E-state index in [-0.39, 0.29) is 4.83 Å². The Morgan fingerprint density at radius 3 is 2.67 bits per heavy atom. The molecule has 5 heteroatoms. The van der Waals surface area contributed by atoms with E-state index in [1.165, 1.54) is 0 Å². The molecule has 15 heavy (non-hydrogen) atoms. The number of allylic oxidation sites excluding steroid dienone is 4. The fourth-order valence-electron chi connectivity index (χ4n) is 1.20. The Balaban J connectivity index is 2.65. The van der Waals surface area contributed by atoms with E-state index in [0.29, 0.717) is 12.0 Å². The van der Waals surface area contributed by atoms with Gasteiger partial charge < -0.3 is 5.11 Å². The molecule has 1 unspecified atom stereocenters. The first-order chi connectivity index (χ1) is 7.02. The summed E-state index contributed by atoms with van der Waals surface area (Å²) in [4.78, 5) is 32.4. The molecule has 4 nitrogen and oxygen atoms in total. The van der Waals surface area contributed by atoms with Crippen molar-refractivity contribution < 1.29 is 19.5 Å². The van der Waals surface area contributed by atoms with Crippen LogP contribution in [0, 0.1) is 0 Å². The molecule has 1 rings (SSSR count). The maximum atomic E-state index is 11.5. The Morgan fingerprint density at radius 2 is 2.13 bits per heavy atom. The summed E-state index contributed by atoms with van der Waals surface area (Å²) < 4.78 is 0. The van der Waals surface area contributed by atoms with Gasteiger partial charge in [-0.15, -0.1) is 0 Å². The van der Waals surface area contributed by atoms with Crippen LogP contribution in [-0.2, 0) is 14.4 Å². The van der Waals surface area contributed by atoms with Gasteiger partial charge in [0.1, 0.15) is 0 Å². The van der Waals surface area contributed by atoms with Crippen LogP contribution in [0.4, 0.5) is 0 Å². The van der Waals surface area contributed by atoms with E-state index in [4.69, 9.17) is 5.11 Å². The minimum absolute atomic E-state index is 0.222. The molecule has 0 aromatic heterocycles. The highest BCUT2D eigenvalue weighted by atomic mass is 79.9. The van der Waals surface area contributed by atoms with Gasteiger partial charge in [0, 0.05) is 5.57 Å². The van der Waals surface area contributed by atoms with Crippen LogP contribution in [0.25, 0.3) is 0 Å². The number of ketones is 2. The molecule has 1 aliphatic carbocycles. The lowest BCUT2D eigenvalue weighted by atomic mass is 9.98. The van der Waals surface area contributed by atoms with Gasteiger partial charge in [-0.3, -0.25) is 9.59 Å². The number of carboxylic acid groups (broad SMARTS) is 1. The molecule has 0 heterocycles. The fourth-order valence-corrected chi connectivity index (χ4v) is 1.86. The normalized spacial score (nSPS) is 19.5. The standard InChI is InChI=1S/C10H9BrO4/c11-7-4-2-1-3-6(7)8(12)5-9(13)10(14)15/h2-4,7H,1,5H2,(H,14,15). The minimum atomic E-state index is -1.57. The van der Waals surface area contributed by atoms with Gasteiger partial charge in [-0.1, -0.05) is 34.2 Å². The molecule has 1 atom stereocenters. The molecule has 1 N–H and O–H groups in total. The average molecular weight is 273 g/mol. The number of Topliss-reactive ketones (excluding diaryl/α,β-unsaturated/α-hetero) is 2. The first kappa shape index (κ1) is 11.8. The van der Waals surface area contributed by atoms with Crippen LogP contribution in [0.1, 0.15) is 12.8 Å². The van der Waals surface area contributed by atoms with E-state index in [1.807, 2.05) is 6.08 Å². The SMILES string of the molecule is O=C(O)C(=O)CC(=O)C1=CCC=CC1Br. The van der Waals surface area contributed by atoms with Gasteiger partial charge in [0.15, 0.2) is 5.78 Å². The van der Waals surface area contributed by atoms with E-state index in [2.05, 4.69) is 15.9 Å². The summed E-state index contributed by atoms with van der Waals surface area (Å²) in [5.74, 6) is -3.08. The van der Waals surface area contributed by atoms with Crippen molar-refractivity contribution in [3.63, 3.8) is 0 Å². The highest BCUT2D eigenvalue weighted by Gasteiger charge is 2.23. The van der Waals surface area contributed by atoms with Crippen LogP contribution in [-0.4, -0.2) is 27.5 Å². The number of carboxylic acids is 1. The minimum Gasteiger partial charge on any atom is -0.475 e. The molecule has 0 bridgehead atoms. The first-order valence-corrected chi connectivity index (χ1v) is 5.24. The predicted molar refractivity (Wildman–Crippen MR) is 56.8 cm³/mol. The van der Waals surface area contributed by atoms with Crippen LogP contribution < -0.4 is 0 Å². The van der Waals surface area contributed by atoms with Crippen LogP contribution in [0.15, 0.2) is 23.8 Å². The van der Waals surface area contributed by atoms with Gasteiger partial charge in [-0.25, -0.2) is 4.79 Å². The van der Waals surface area contributed by atoms with Crippen molar-refractivity contribution in [3.05, 3.63) is 23.8 Å². The number of hydrogen-bond donors (Lipinski definition) is 1. The first-order valence-electron chi connectivity index (χ1n) is 4.32. The maximum Gasteiger partial charge on any atom is 0.372 e. The van der Waals surface area contributed by atoms with E-state index in [9.17, 15) is 14.4 Å². The molecule has 0 aromatic carbocycles. The van der Waals surface area contributed by atoms with Gasteiger partial charge in [0.25, 0.3) is 0 Å². The number of alkyl halides is 1. The van der Waals surface area contributed by atoms with Crippen molar-refractivity contribution in [2.24, 2.45) is 0 Å². The zero-order valence-corrected chi connectivity index (χ0v) is 9.36. The van der Waals surface area contributed by atoms with Gasteiger partial charge in [-0.2, -0.15) is 0 Å². The Labute approximate surface area is 94.8 Å². The van der Waals surface area contributed by atoms with Crippen LogP contribution >= 0.6 is 15.9 Å². The number of hydrogen-bond acceptors (Lipinski definition) is 3. The van der Waals surface area contributed by atoms with Crippen molar-refractivity contribution in [3.8, 4) is 0 Å². The molecule has 0 amide bonds. The van der Waals surface area contributed by atoms with Crippen LogP contribution in [0.3, 0.4) is 0 Å². The summed E-state index contributed by atoms with van der Waals surface area (Å²) in [6.07, 6.45) is 5.42. The second-order valence-electron chi connectivity index (χ2n) is 3.05. The third-order valence-corrected chi connectivity index (χ3v) is 2.76. The monoisotopic (exact) mass is 272 g/mol. The summed E-state index contributed by atoms with van der Waals surface area (Å²) in [5.41, 5.74) is 0.451. The lowest BCUT2D eigenvalue weighted by Gasteiger charge is -2.12. The molecule has 80 valence electrons. The molecule has 0 saturated carbocycles. The van der Waals surface area contributed by atoms with Crippen LogP contribution in [0.2, 0.25) is 0 Å². The smallest absolute Gasteiger partial charge is 0.372 e. The predicted octanol–water partition coefficient (Wildman–Crippen LogP) is 1.25. The summed E-state index contributed by atoms with van der Waals surface area (Å²) in [6.45, 7) is 0. The number of aliphatic carboxylic acids is 1. The van der Waals surface area contributed by atoms with E-state index < -0.39 is 24.0 Å².